The average molecular weight is 501 g/mol. The lowest BCUT2D eigenvalue weighted by atomic mass is 9.98. The first-order valence-corrected chi connectivity index (χ1v) is 14.3. The Morgan fingerprint density at radius 2 is 1.29 bits per heavy atom. The van der Waals surface area contributed by atoms with E-state index in [1.807, 2.05) is 0 Å². The average Bonchev–Trinajstić information content (AvgIpc) is 2.86. The zero-order valence-electron chi connectivity index (χ0n) is 21.2. The van der Waals surface area contributed by atoms with Crippen LogP contribution in [-0.4, -0.2) is 13.9 Å². The summed E-state index contributed by atoms with van der Waals surface area (Å²) in [7, 11) is 1.58. The van der Waals surface area contributed by atoms with Crippen LogP contribution in [0.1, 0.15) is 30.5 Å². The van der Waals surface area contributed by atoms with E-state index in [0.717, 1.165) is 11.3 Å². The molecule has 0 radical (unpaired) electrons. The second-order valence-electron chi connectivity index (χ2n) is 9.23. The molecule has 0 aromatic heterocycles. The molecule has 0 fully saturated rings. The van der Waals surface area contributed by atoms with Gasteiger partial charge in [-0.25, -0.2) is 0 Å². The molecule has 0 saturated heterocycles. The number of benzene rings is 4. The smallest absolute Gasteiger partial charge is 0.188 e. The molecule has 1 unspecified atom stereocenters. The Hall–Kier alpha value is -2.50. The third kappa shape index (κ3) is 5.84. The third-order valence-electron chi connectivity index (χ3n) is 6.16. The van der Waals surface area contributed by atoms with Crippen molar-refractivity contribution in [3.05, 3.63) is 114 Å². The molecule has 0 N–H and O–H groups in total. The minimum atomic E-state index is -0.672. The maximum absolute atomic E-state index is 6.07. The number of methoxy groups -OCH3 is 1. The highest BCUT2D eigenvalue weighted by Gasteiger charge is 2.29. The predicted octanol–water partition coefficient (Wildman–Crippen LogP) is 6.28. The van der Waals surface area contributed by atoms with Gasteiger partial charge < -0.3 is 9.47 Å². The molecule has 0 aliphatic carbocycles. The van der Waals surface area contributed by atoms with E-state index in [9.17, 15) is 0 Å². The normalized spacial score (nSPS) is 11.9. The van der Waals surface area contributed by atoms with Gasteiger partial charge >= 0.3 is 0 Å². The molecule has 2 nitrogen and oxygen atoms in total. The fraction of sp³-hybridized carbons (Fsp3) is 0.226. The van der Waals surface area contributed by atoms with Gasteiger partial charge in [-0.05, 0) is 54.1 Å². The maximum atomic E-state index is 6.07. The molecule has 4 aromatic carbocycles. The molecular formula is C31H34O2P2. The first-order valence-electron chi connectivity index (χ1n) is 11.9. The number of rotatable bonds is 9. The monoisotopic (exact) mass is 500 g/mol. The molecule has 0 aliphatic rings. The van der Waals surface area contributed by atoms with Crippen LogP contribution in [0, 0.1) is 13.8 Å². The van der Waals surface area contributed by atoms with E-state index in [0.29, 0.717) is 8.58 Å². The summed E-state index contributed by atoms with van der Waals surface area (Å²) >= 11 is 0. The van der Waals surface area contributed by atoms with Gasteiger partial charge in [0.05, 0.1) is 0 Å². The van der Waals surface area contributed by atoms with E-state index in [-0.39, 0.29) is 11.9 Å². The van der Waals surface area contributed by atoms with Crippen molar-refractivity contribution in [1.82, 2.24) is 0 Å². The molecular weight excluding hydrogens is 466 g/mol. The second kappa shape index (κ2) is 11.5. The van der Waals surface area contributed by atoms with E-state index < -0.39 is 7.92 Å². The number of para-hydroxylation sites is 1. The van der Waals surface area contributed by atoms with Crippen LogP contribution in [0.5, 0.6) is 5.75 Å². The van der Waals surface area contributed by atoms with E-state index in [1.165, 1.54) is 32.3 Å². The lowest BCUT2D eigenvalue weighted by molar-refractivity contribution is 0.0496. The van der Waals surface area contributed by atoms with Crippen molar-refractivity contribution >= 4 is 37.7 Å². The van der Waals surface area contributed by atoms with Crippen molar-refractivity contribution in [1.29, 1.82) is 0 Å². The summed E-state index contributed by atoms with van der Waals surface area (Å²) < 4.78 is 11.3. The Balaban J connectivity index is 1.83. The van der Waals surface area contributed by atoms with Crippen LogP contribution < -0.4 is 26.0 Å². The van der Waals surface area contributed by atoms with Gasteiger partial charge in [0, 0.05) is 17.8 Å². The Morgan fingerprint density at radius 1 is 0.714 bits per heavy atom. The molecule has 4 aromatic rings. The second-order valence-corrected chi connectivity index (χ2v) is 13.4. The summed E-state index contributed by atoms with van der Waals surface area (Å²) in [5.74, 6) is 0.940. The molecule has 4 heteroatoms. The van der Waals surface area contributed by atoms with Gasteiger partial charge in [-0.3, -0.25) is 0 Å². The van der Waals surface area contributed by atoms with E-state index in [4.69, 9.17) is 9.47 Å². The molecule has 35 heavy (non-hydrogen) atoms. The first kappa shape index (κ1) is 25.6. The largest absolute Gasteiger partial charge is 0.467 e. The van der Waals surface area contributed by atoms with Crippen LogP contribution >= 0.6 is 16.5 Å². The third-order valence-corrected chi connectivity index (χ3v) is 10.7. The fourth-order valence-corrected chi connectivity index (χ4v) is 8.80. The van der Waals surface area contributed by atoms with Crippen LogP contribution in [0.25, 0.3) is 0 Å². The minimum absolute atomic E-state index is 0.107. The first-order chi connectivity index (χ1) is 16.9. The summed E-state index contributed by atoms with van der Waals surface area (Å²) in [5.41, 5.74) is 3.71. The Labute approximate surface area is 213 Å². The number of aryl methyl sites for hydroxylation is 2. The quantitative estimate of drug-likeness (QED) is 0.199. The van der Waals surface area contributed by atoms with Crippen molar-refractivity contribution in [2.75, 3.05) is 13.9 Å². The van der Waals surface area contributed by atoms with Crippen molar-refractivity contribution in [3.63, 3.8) is 0 Å². The molecule has 4 rings (SSSR count). The maximum Gasteiger partial charge on any atom is 0.188 e. The summed E-state index contributed by atoms with van der Waals surface area (Å²) in [6.07, 6.45) is 0. The molecule has 0 heterocycles. The van der Waals surface area contributed by atoms with Gasteiger partial charge in [0.2, 0.25) is 0 Å². The lowest BCUT2D eigenvalue weighted by Gasteiger charge is -2.32. The zero-order valence-corrected chi connectivity index (χ0v) is 23.1. The van der Waals surface area contributed by atoms with Gasteiger partial charge in [0.15, 0.2) is 6.79 Å². The molecule has 1 atom stereocenters. The molecule has 0 saturated carbocycles. The van der Waals surface area contributed by atoms with Gasteiger partial charge in [0.25, 0.3) is 0 Å². The molecule has 0 spiro atoms. The summed E-state index contributed by atoms with van der Waals surface area (Å²) in [4.78, 5) is 0. The summed E-state index contributed by atoms with van der Waals surface area (Å²) in [6.45, 7) is 9.29. The van der Waals surface area contributed by atoms with Crippen molar-refractivity contribution in [3.8, 4) is 5.75 Å². The highest BCUT2D eigenvalue weighted by molar-refractivity contribution is 7.81. The van der Waals surface area contributed by atoms with Crippen LogP contribution in [0.2, 0.25) is 0 Å². The summed E-state index contributed by atoms with van der Waals surface area (Å²) in [6, 6.07) is 35.2. The lowest BCUT2D eigenvalue weighted by Crippen LogP contribution is -2.32. The van der Waals surface area contributed by atoms with E-state index in [2.05, 4.69) is 125 Å². The Kier molecular flexibility index (Phi) is 8.40. The highest BCUT2D eigenvalue weighted by Crippen LogP contribution is 2.47. The minimum Gasteiger partial charge on any atom is -0.467 e. The van der Waals surface area contributed by atoms with E-state index in [1.54, 1.807) is 7.11 Å². The number of ether oxygens (including phenoxy) is 2. The van der Waals surface area contributed by atoms with Gasteiger partial charge in [-0.15, -0.1) is 0 Å². The van der Waals surface area contributed by atoms with Crippen LogP contribution in [0.4, 0.5) is 0 Å². The zero-order chi connectivity index (χ0) is 24.8. The molecule has 0 amide bonds. The topological polar surface area (TPSA) is 18.5 Å². The van der Waals surface area contributed by atoms with E-state index >= 15 is 0 Å². The van der Waals surface area contributed by atoms with Gasteiger partial charge in [0.1, 0.15) is 5.75 Å². The van der Waals surface area contributed by atoms with Gasteiger partial charge in [-0.2, -0.15) is 0 Å². The molecule has 0 bridgehead atoms. The summed E-state index contributed by atoms with van der Waals surface area (Å²) in [5, 5.41) is 5.54. The molecule has 180 valence electrons. The Bertz CT molecular complexity index is 1210. The van der Waals surface area contributed by atoms with Crippen LogP contribution in [0.3, 0.4) is 0 Å². The van der Waals surface area contributed by atoms with Crippen LogP contribution in [-0.2, 0) is 9.89 Å². The standard InChI is InChI=1S/C31H34O2P2/c1-23-14-12-20-27(29(23)33-22-32-5)31(3,4)34-30-24(2)15-13-21-28(30)35(25-16-8-6-9-17-25)26-18-10-7-11-19-26/h6-21,34H,22H2,1-5H3. The highest BCUT2D eigenvalue weighted by atomic mass is 31.1. The van der Waals surface area contributed by atoms with Crippen molar-refractivity contribution in [2.24, 2.45) is 0 Å². The van der Waals surface area contributed by atoms with Gasteiger partial charge in [-0.1, -0.05) is 119 Å². The van der Waals surface area contributed by atoms with Crippen LogP contribution in [0.15, 0.2) is 97.1 Å². The fourth-order valence-electron chi connectivity index (χ4n) is 4.42. The molecule has 0 aliphatic heterocycles. The number of hydrogen-bond acceptors (Lipinski definition) is 2. The predicted molar refractivity (Wildman–Crippen MR) is 155 cm³/mol. The van der Waals surface area contributed by atoms with Crippen molar-refractivity contribution < 1.29 is 9.47 Å². The Morgan fingerprint density at radius 3 is 1.89 bits per heavy atom. The SMILES string of the molecule is COCOc1c(C)cccc1C(C)(C)Pc1c(C)cccc1P(c1ccccc1)c1ccccc1. The van der Waals surface area contributed by atoms with Crippen molar-refractivity contribution in [2.45, 2.75) is 32.9 Å². The number of hydrogen-bond donors (Lipinski definition) is 0.